The molecule has 1 saturated heterocycles. The molecule has 0 saturated carbocycles. The van der Waals surface area contributed by atoms with Gasteiger partial charge < -0.3 is 19.7 Å². The molecule has 1 fully saturated rings. The number of nitrogens with zero attached hydrogens (tertiary/aromatic N) is 4. The minimum absolute atomic E-state index is 0.0543. The average Bonchev–Trinajstić information content (AvgIpc) is 2.95. The molecule has 10 heteroatoms. The van der Waals surface area contributed by atoms with Crippen LogP contribution in [0.3, 0.4) is 0 Å². The van der Waals surface area contributed by atoms with E-state index in [2.05, 4.69) is 15.4 Å². The van der Waals surface area contributed by atoms with Crippen molar-refractivity contribution in [1.29, 1.82) is 0 Å². The maximum atomic E-state index is 14.7. The molecular formula is C17H23ClFN5O3. The number of nitrogens with one attached hydrogen (secondary N) is 1. The zero-order chi connectivity index (χ0) is 19.8. The van der Waals surface area contributed by atoms with Crippen LogP contribution in [0.15, 0.2) is 12.3 Å². The van der Waals surface area contributed by atoms with E-state index in [9.17, 15) is 9.18 Å². The molecule has 8 nitrogen and oxygen atoms in total. The van der Waals surface area contributed by atoms with Gasteiger partial charge in [-0.15, -0.1) is 5.10 Å². The van der Waals surface area contributed by atoms with Gasteiger partial charge in [0.25, 0.3) is 0 Å². The number of rotatable bonds is 3. The number of fused-ring (bicyclic) bond motifs is 1. The number of anilines is 1. The average molecular weight is 400 g/mol. The Morgan fingerprint density at radius 3 is 2.81 bits per heavy atom. The summed E-state index contributed by atoms with van der Waals surface area (Å²) in [6.07, 6.45) is 0.275. The van der Waals surface area contributed by atoms with E-state index in [0.29, 0.717) is 29.4 Å². The fourth-order valence-electron chi connectivity index (χ4n) is 2.88. The zero-order valence-corrected chi connectivity index (χ0v) is 16.5. The van der Waals surface area contributed by atoms with Crippen LogP contribution >= 0.6 is 11.6 Å². The molecule has 3 rings (SSSR count). The van der Waals surface area contributed by atoms with Crippen molar-refractivity contribution >= 4 is 29.2 Å². The van der Waals surface area contributed by atoms with E-state index in [1.54, 1.807) is 33.0 Å². The van der Waals surface area contributed by atoms with Crippen LogP contribution in [0.25, 0.3) is 5.52 Å². The number of piperidine rings is 1. The molecule has 1 N–H and O–H groups in total. The Bertz CT molecular complexity index is 838. The molecule has 1 aliphatic rings. The summed E-state index contributed by atoms with van der Waals surface area (Å²) in [5, 5.41) is 7.75. The van der Waals surface area contributed by atoms with Crippen LogP contribution in [-0.2, 0) is 4.74 Å². The molecule has 0 aliphatic carbocycles. The zero-order valence-electron chi connectivity index (χ0n) is 15.7. The molecule has 0 aromatic carbocycles. The molecule has 2 atom stereocenters. The van der Waals surface area contributed by atoms with E-state index in [4.69, 9.17) is 21.1 Å². The minimum atomic E-state index is -1.29. The van der Waals surface area contributed by atoms with Gasteiger partial charge in [-0.05, 0) is 33.3 Å². The second-order valence-electron chi connectivity index (χ2n) is 7.38. The van der Waals surface area contributed by atoms with Gasteiger partial charge in [0.2, 0.25) is 11.8 Å². The van der Waals surface area contributed by atoms with Gasteiger partial charge in [0.15, 0.2) is 0 Å². The number of hydrogen-bond donors (Lipinski definition) is 1. The van der Waals surface area contributed by atoms with Crippen LogP contribution in [0.1, 0.15) is 27.2 Å². The third-order valence-electron chi connectivity index (χ3n) is 4.13. The topological polar surface area (TPSA) is 81.0 Å². The summed E-state index contributed by atoms with van der Waals surface area (Å²) in [7, 11) is 1.48. The molecule has 3 heterocycles. The van der Waals surface area contributed by atoms with Crippen molar-refractivity contribution < 1.29 is 18.7 Å². The van der Waals surface area contributed by atoms with Gasteiger partial charge >= 0.3 is 6.09 Å². The molecule has 1 amide bonds. The maximum absolute atomic E-state index is 14.7. The molecule has 27 heavy (non-hydrogen) atoms. The van der Waals surface area contributed by atoms with Crippen LogP contribution in [0, 0.1) is 0 Å². The predicted molar refractivity (Wildman–Crippen MR) is 99.3 cm³/mol. The van der Waals surface area contributed by atoms with E-state index in [-0.39, 0.29) is 12.5 Å². The van der Waals surface area contributed by atoms with Gasteiger partial charge in [0.1, 0.15) is 17.3 Å². The highest BCUT2D eigenvalue weighted by molar-refractivity contribution is 6.34. The third kappa shape index (κ3) is 4.35. The number of hydrogen-bond acceptors (Lipinski definition) is 6. The van der Waals surface area contributed by atoms with Crippen LogP contribution in [0.4, 0.5) is 15.1 Å². The summed E-state index contributed by atoms with van der Waals surface area (Å²) < 4.78 is 26.7. The van der Waals surface area contributed by atoms with Crippen LogP contribution in [-0.4, -0.2) is 63.6 Å². The summed E-state index contributed by atoms with van der Waals surface area (Å²) >= 11 is 6.10. The molecule has 2 aromatic heterocycles. The van der Waals surface area contributed by atoms with Crippen molar-refractivity contribution in [2.24, 2.45) is 0 Å². The Kier molecular flexibility index (Phi) is 5.32. The van der Waals surface area contributed by atoms with E-state index in [1.165, 1.54) is 16.5 Å². The minimum Gasteiger partial charge on any atom is -0.479 e. The van der Waals surface area contributed by atoms with Crippen molar-refractivity contribution in [2.45, 2.75) is 45.0 Å². The number of halogens is 2. The lowest BCUT2D eigenvalue weighted by Crippen LogP contribution is -2.51. The highest BCUT2D eigenvalue weighted by atomic mass is 35.5. The van der Waals surface area contributed by atoms with Crippen molar-refractivity contribution in [2.75, 3.05) is 25.5 Å². The second kappa shape index (κ2) is 7.38. The van der Waals surface area contributed by atoms with Crippen molar-refractivity contribution in [3.63, 3.8) is 0 Å². The Hall–Kier alpha value is -2.29. The standard InChI is InChI=1S/C17H23ClFN5O3/c1-17(2,3)27-16(25)23-7-6-12(11(19)9-23)20-15-21-14(26-4)13-10(18)5-8-24(13)22-15/h5,8,11-12H,6-7,9H2,1-4H3,(H,20,22)/t11-,12+/m1/s1. The summed E-state index contributed by atoms with van der Waals surface area (Å²) in [5.41, 5.74) is -0.0724. The molecule has 0 spiro atoms. The Morgan fingerprint density at radius 2 is 2.19 bits per heavy atom. The quantitative estimate of drug-likeness (QED) is 0.853. The maximum Gasteiger partial charge on any atom is 0.410 e. The summed E-state index contributed by atoms with van der Waals surface area (Å²) in [5.74, 6) is 0.522. The number of alkyl halides is 1. The van der Waals surface area contributed by atoms with Crippen molar-refractivity contribution in [1.82, 2.24) is 19.5 Å². The van der Waals surface area contributed by atoms with Gasteiger partial charge in [-0.1, -0.05) is 11.6 Å². The number of ether oxygens (including phenoxy) is 2. The van der Waals surface area contributed by atoms with Gasteiger partial charge in [0, 0.05) is 12.7 Å². The number of amides is 1. The fourth-order valence-corrected chi connectivity index (χ4v) is 3.11. The Morgan fingerprint density at radius 1 is 1.44 bits per heavy atom. The molecule has 2 aromatic rings. The summed E-state index contributed by atoms with van der Waals surface area (Å²) in [4.78, 5) is 17.8. The molecule has 0 radical (unpaired) electrons. The highest BCUT2D eigenvalue weighted by Gasteiger charge is 2.34. The lowest BCUT2D eigenvalue weighted by atomic mass is 10.0. The second-order valence-corrected chi connectivity index (χ2v) is 7.79. The Labute approximate surface area is 161 Å². The normalized spacial score (nSPS) is 20.6. The van der Waals surface area contributed by atoms with E-state index in [1.807, 2.05) is 0 Å². The van der Waals surface area contributed by atoms with Crippen molar-refractivity contribution in [3.05, 3.63) is 17.3 Å². The first-order chi connectivity index (χ1) is 12.7. The molecule has 0 bridgehead atoms. The molecule has 1 aliphatic heterocycles. The molecular weight excluding hydrogens is 377 g/mol. The largest absolute Gasteiger partial charge is 0.479 e. The third-order valence-corrected chi connectivity index (χ3v) is 4.44. The van der Waals surface area contributed by atoms with Gasteiger partial charge in [-0.25, -0.2) is 13.7 Å². The van der Waals surface area contributed by atoms with Gasteiger partial charge in [-0.2, -0.15) is 4.98 Å². The number of carbonyl (C=O) groups is 1. The first-order valence-corrected chi connectivity index (χ1v) is 9.03. The lowest BCUT2D eigenvalue weighted by molar-refractivity contribution is 0.0125. The predicted octanol–water partition coefficient (Wildman–Crippen LogP) is 3.15. The van der Waals surface area contributed by atoms with Crippen LogP contribution < -0.4 is 10.1 Å². The Balaban J connectivity index is 1.69. The van der Waals surface area contributed by atoms with E-state index < -0.39 is 23.9 Å². The fraction of sp³-hybridized carbons (Fsp3) is 0.588. The van der Waals surface area contributed by atoms with Crippen LogP contribution in [0.5, 0.6) is 5.88 Å². The summed E-state index contributed by atoms with van der Waals surface area (Å²) in [6.45, 7) is 5.66. The smallest absolute Gasteiger partial charge is 0.410 e. The van der Waals surface area contributed by atoms with E-state index >= 15 is 0 Å². The first-order valence-electron chi connectivity index (χ1n) is 8.65. The molecule has 148 valence electrons. The van der Waals surface area contributed by atoms with Gasteiger partial charge in [0.05, 0.1) is 24.7 Å². The number of methoxy groups -OCH3 is 1. The van der Waals surface area contributed by atoms with Crippen molar-refractivity contribution in [3.8, 4) is 5.88 Å². The summed E-state index contributed by atoms with van der Waals surface area (Å²) in [6, 6.07) is 1.15. The van der Waals surface area contributed by atoms with Gasteiger partial charge in [-0.3, -0.25) is 0 Å². The monoisotopic (exact) mass is 399 g/mol. The number of aromatic nitrogens is 3. The van der Waals surface area contributed by atoms with E-state index in [0.717, 1.165) is 0 Å². The first kappa shape index (κ1) is 19.5. The number of carbonyl (C=O) groups excluding carboxylic acids is 1. The lowest BCUT2D eigenvalue weighted by Gasteiger charge is -2.35. The SMILES string of the molecule is COc1nc(N[C@H]2CCN(C(=O)OC(C)(C)C)C[C@H]2F)nn2ccc(Cl)c12. The molecule has 0 unspecified atom stereocenters. The highest BCUT2D eigenvalue weighted by Crippen LogP contribution is 2.27. The number of likely N-dealkylation sites (tertiary alicyclic amines) is 1. The van der Waals surface area contributed by atoms with Crippen LogP contribution in [0.2, 0.25) is 5.02 Å².